The summed E-state index contributed by atoms with van der Waals surface area (Å²) in [5.41, 5.74) is 0. The Morgan fingerprint density at radius 3 is 2.58 bits per heavy atom. The lowest BCUT2D eigenvalue weighted by atomic mass is 9.84. The van der Waals surface area contributed by atoms with Gasteiger partial charge >= 0.3 is 0 Å². The summed E-state index contributed by atoms with van der Waals surface area (Å²) in [5, 5.41) is 0. The van der Waals surface area contributed by atoms with Crippen LogP contribution in [0.3, 0.4) is 0 Å². The summed E-state index contributed by atoms with van der Waals surface area (Å²) in [5.74, 6) is 1.17. The molecule has 0 spiro atoms. The summed E-state index contributed by atoms with van der Waals surface area (Å²) in [6, 6.07) is 0. The quantitative estimate of drug-likeness (QED) is 0.619. The molecule has 12 heavy (non-hydrogen) atoms. The van der Waals surface area contributed by atoms with Crippen molar-refractivity contribution in [2.24, 2.45) is 5.92 Å². The van der Waals surface area contributed by atoms with Gasteiger partial charge in [-0.1, -0.05) is 6.42 Å². The van der Waals surface area contributed by atoms with Gasteiger partial charge in [-0.15, -0.1) is 11.6 Å². The third-order valence-electron chi connectivity index (χ3n) is 2.50. The van der Waals surface area contributed by atoms with Gasteiger partial charge in [-0.2, -0.15) is 0 Å². The van der Waals surface area contributed by atoms with E-state index < -0.39 is 0 Å². The lowest BCUT2D eigenvalue weighted by Crippen LogP contribution is -2.39. The van der Waals surface area contributed by atoms with Gasteiger partial charge in [0.1, 0.15) is 0 Å². The average Bonchev–Trinajstić information content (AvgIpc) is 1.96. The van der Waals surface area contributed by atoms with Gasteiger partial charge in [0.15, 0.2) is 0 Å². The van der Waals surface area contributed by atoms with E-state index in [2.05, 4.69) is 0 Å². The molecular weight excluding hydrogens is 174 g/mol. The predicted molar refractivity (Wildman–Crippen MR) is 50.3 cm³/mol. The molecule has 0 aromatic heterocycles. The van der Waals surface area contributed by atoms with Gasteiger partial charge in [0.05, 0.1) is 0 Å². The highest BCUT2D eigenvalue weighted by atomic mass is 35.5. The van der Waals surface area contributed by atoms with Crippen molar-refractivity contribution in [2.75, 3.05) is 19.0 Å². The molecule has 0 unspecified atom stereocenters. The van der Waals surface area contributed by atoms with Crippen LogP contribution in [0.2, 0.25) is 0 Å². The highest BCUT2D eigenvalue weighted by Gasteiger charge is 2.28. The Hall–Kier alpha value is -0.240. The molecule has 1 rings (SSSR count). The van der Waals surface area contributed by atoms with E-state index in [-0.39, 0.29) is 0 Å². The first-order chi connectivity index (χ1) is 5.79. The van der Waals surface area contributed by atoms with Gasteiger partial charge in [-0.05, 0) is 19.8 Å². The molecule has 3 heteroatoms. The van der Waals surface area contributed by atoms with Crippen LogP contribution < -0.4 is 0 Å². The molecule has 70 valence electrons. The normalized spacial score (nSPS) is 17.2. The molecule has 1 fully saturated rings. The van der Waals surface area contributed by atoms with E-state index in [4.69, 9.17) is 11.6 Å². The molecule has 0 saturated heterocycles. The smallest absolute Gasteiger partial charge is 0.225 e. The molecule has 0 N–H and O–H groups in total. The standard InChI is InChI=1S/C9H16ClNO/c1-2-11(7-6-10)9(12)8-4-3-5-8/h8H,2-7H2,1H3. The van der Waals surface area contributed by atoms with Crippen LogP contribution in [0, 0.1) is 5.92 Å². The van der Waals surface area contributed by atoms with Crippen molar-refractivity contribution < 1.29 is 4.79 Å². The number of carbonyl (C=O) groups excluding carboxylic acids is 1. The Morgan fingerprint density at radius 1 is 1.58 bits per heavy atom. The molecular formula is C9H16ClNO. The van der Waals surface area contributed by atoms with E-state index in [1.165, 1.54) is 6.42 Å². The number of carbonyl (C=O) groups is 1. The molecule has 0 aromatic carbocycles. The minimum absolute atomic E-state index is 0.310. The number of amides is 1. The van der Waals surface area contributed by atoms with Crippen LogP contribution in [0.15, 0.2) is 0 Å². The first kappa shape index (κ1) is 9.85. The highest BCUT2D eigenvalue weighted by Crippen LogP contribution is 2.28. The fourth-order valence-corrected chi connectivity index (χ4v) is 1.64. The summed E-state index contributed by atoms with van der Waals surface area (Å²) < 4.78 is 0. The second kappa shape index (κ2) is 4.70. The average molecular weight is 190 g/mol. The van der Waals surface area contributed by atoms with E-state index >= 15 is 0 Å². The molecule has 0 atom stereocenters. The van der Waals surface area contributed by atoms with Crippen molar-refractivity contribution in [3.63, 3.8) is 0 Å². The van der Waals surface area contributed by atoms with Crippen LogP contribution in [-0.4, -0.2) is 29.8 Å². The Kier molecular flexibility index (Phi) is 3.86. The second-order valence-electron chi connectivity index (χ2n) is 3.23. The monoisotopic (exact) mass is 189 g/mol. The Morgan fingerprint density at radius 2 is 2.25 bits per heavy atom. The van der Waals surface area contributed by atoms with E-state index in [1.807, 2.05) is 11.8 Å². The third kappa shape index (κ3) is 2.13. The van der Waals surface area contributed by atoms with E-state index in [9.17, 15) is 4.79 Å². The zero-order valence-electron chi connectivity index (χ0n) is 7.55. The zero-order valence-corrected chi connectivity index (χ0v) is 8.31. The molecule has 1 saturated carbocycles. The van der Waals surface area contributed by atoms with Crippen molar-refractivity contribution in [3.05, 3.63) is 0 Å². The van der Waals surface area contributed by atoms with Crippen LogP contribution in [0.5, 0.6) is 0 Å². The number of rotatable bonds is 4. The zero-order chi connectivity index (χ0) is 8.97. The van der Waals surface area contributed by atoms with Gasteiger partial charge < -0.3 is 4.90 Å². The van der Waals surface area contributed by atoms with Crippen LogP contribution in [0.1, 0.15) is 26.2 Å². The highest BCUT2D eigenvalue weighted by molar-refractivity contribution is 6.18. The second-order valence-corrected chi connectivity index (χ2v) is 3.61. The molecule has 0 aliphatic heterocycles. The first-order valence-electron chi connectivity index (χ1n) is 4.64. The van der Waals surface area contributed by atoms with Gasteiger partial charge in [0.25, 0.3) is 0 Å². The predicted octanol–water partition coefficient (Wildman–Crippen LogP) is 1.87. The van der Waals surface area contributed by atoms with Gasteiger partial charge in [0.2, 0.25) is 5.91 Å². The summed E-state index contributed by atoms with van der Waals surface area (Å²) in [7, 11) is 0. The first-order valence-corrected chi connectivity index (χ1v) is 5.17. The maximum Gasteiger partial charge on any atom is 0.225 e. The molecule has 2 nitrogen and oxygen atoms in total. The van der Waals surface area contributed by atoms with Crippen molar-refractivity contribution in [2.45, 2.75) is 26.2 Å². The topological polar surface area (TPSA) is 20.3 Å². The number of hydrogen-bond donors (Lipinski definition) is 0. The van der Waals surface area contributed by atoms with Crippen LogP contribution >= 0.6 is 11.6 Å². The van der Waals surface area contributed by atoms with Crippen molar-refractivity contribution in [1.29, 1.82) is 0 Å². The lowest BCUT2D eigenvalue weighted by Gasteiger charge is -2.30. The maximum absolute atomic E-state index is 11.6. The van der Waals surface area contributed by atoms with E-state index in [0.29, 0.717) is 24.2 Å². The fourth-order valence-electron chi connectivity index (χ4n) is 1.44. The summed E-state index contributed by atoms with van der Waals surface area (Å²) in [6.45, 7) is 3.50. The third-order valence-corrected chi connectivity index (χ3v) is 2.67. The maximum atomic E-state index is 11.6. The largest absolute Gasteiger partial charge is 0.342 e. The number of halogens is 1. The molecule has 1 amide bonds. The fraction of sp³-hybridized carbons (Fsp3) is 0.889. The molecule has 0 radical (unpaired) electrons. The lowest BCUT2D eigenvalue weighted by molar-refractivity contribution is -0.137. The number of hydrogen-bond acceptors (Lipinski definition) is 1. The Balaban J connectivity index is 2.35. The Bertz CT molecular complexity index is 157. The van der Waals surface area contributed by atoms with E-state index in [0.717, 1.165) is 19.4 Å². The molecule has 0 bridgehead atoms. The SMILES string of the molecule is CCN(CCCl)C(=O)C1CCC1. The van der Waals surface area contributed by atoms with Gasteiger partial charge in [0, 0.05) is 24.9 Å². The number of alkyl halides is 1. The van der Waals surface area contributed by atoms with Crippen LogP contribution in [-0.2, 0) is 4.79 Å². The van der Waals surface area contributed by atoms with E-state index in [1.54, 1.807) is 0 Å². The molecule has 1 aliphatic rings. The molecule has 0 heterocycles. The van der Waals surface area contributed by atoms with Crippen LogP contribution in [0.25, 0.3) is 0 Å². The summed E-state index contributed by atoms with van der Waals surface area (Å²) >= 11 is 5.59. The minimum Gasteiger partial charge on any atom is -0.342 e. The van der Waals surface area contributed by atoms with Crippen molar-refractivity contribution in [1.82, 2.24) is 4.90 Å². The van der Waals surface area contributed by atoms with Crippen LogP contribution in [0.4, 0.5) is 0 Å². The summed E-state index contributed by atoms with van der Waals surface area (Å²) in [4.78, 5) is 13.5. The Labute approximate surface area is 78.9 Å². The van der Waals surface area contributed by atoms with Gasteiger partial charge in [-0.3, -0.25) is 4.79 Å². The van der Waals surface area contributed by atoms with Crippen molar-refractivity contribution in [3.8, 4) is 0 Å². The van der Waals surface area contributed by atoms with Gasteiger partial charge in [-0.25, -0.2) is 0 Å². The van der Waals surface area contributed by atoms with Crippen molar-refractivity contribution >= 4 is 17.5 Å². The molecule has 1 aliphatic carbocycles. The molecule has 0 aromatic rings. The summed E-state index contributed by atoms with van der Waals surface area (Å²) in [6.07, 6.45) is 3.38. The minimum atomic E-state index is 0.310. The number of nitrogens with zero attached hydrogens (tertiary/aromatic N) is 1.